The zero-order chi connectivity index (χ0) is 14.6. The van der Waals surface area contributed by atoms with Crippen LogP contribution < -0.4 is 10.5 Å². The van der Waals surface area contributed by atoms with Gasteiger partial charge in [0.15, 0.2) is 0 Å². The number of ether oxygens (including phenoxy) is 2. The zero-order valence-electron chi connectivity index (χ0n) is 9.75. The number of hydrogen-bond donors (Lipinski definition) is 1. The Hall–Kier alpha value is -1.90. The van der Waals surface area contributed by atoms with Gasteiger partial charge in [0.1, 0.15) is 5.82 Å². The Kier molecular flexibility index (Phi) is 4.65. The molecule has 0 aromatic carbocycles. The van der Waals surface area contributed by atoms with Crippen LogP contribution in [0, 0.1) is 5.82 Å². The fraction of sp³-hybridized carbons (Fsp3) is 0.400. The van der Waals surface area contributed by atoms with Gasteiger partial charge in [0.2, 0.25) is 5.88 Å². The van der Waals surface area contributed by atoms with Gasteiger partial charge in [-0.15, -0.1) is 13.2 Å². The molecule has 0 spiro atoms. The van der Waals surface area contributed by atoms with Gasteiger partial charge >= 0.3 is 12.3 Å². The maximum Gasteiger partial charge on any atom is 0.574 e. The molecule has 0 radical (unpaired) electrons. The van der Waals surface area contributed by atoms with Crippen molar-refractivity contribution in [2.45, 2.75) is 19.3 Å². The number of methoxy groups -OCH3 is 1. The number of carbonyl (C=O) groups excluding carboxylic acids is 1. The predicted molar refractivity (Wildman–Crippen MR) is 54.5 cm³/mol. The van der Waals surface area contributed by atoms with Crippen molar-refractivity contribution >= 4 is 5.97 Å². The first kappa shape index (κ1) is 15.2. The lowest BCUT2D eigenvalue weighted by molar-refractivity contribution is -0.276. The van der Waals surface area contributed by atoms with Crippen molar-refractivity contribution in [2.75, 3.05) is 7.11 Å². The summed E-state index contributed by atoms with van der Waals surface area (Å²) >= 11 is 0. The average molecular weight is 282 g/mol. The van der Waals surface area contributed by atoms with E-state index in [0.717, 1.165) is 13.2 Å². The van der Waals surface area contributed by atoms with Gasteiger partial charge in [0.25, 0.3) is 0 Å². The van der Waals surface area contributed by atoms with E-state index in [1.165, 1.54) is 0 Å². The summed E-state index contributed by atoms with van der Waals surface area (Å²) in [5.74, 6) is -3.04. The molecule has 0 amide bonds. The number of hydrogen-bond acceptors (Lipinski definition) is 5. The molecular weight excluding hydrogens is 272 g/mol. The second-order valence-electron chi connectivity index (χ2n) is 3.38. The second kappa shape index (κ2) is 5.83. The van der Waals surface area contributed by atoms with Gasteiger partial charge in [0, 0.05) is 6.54 Å². The highest BCUT2D eigenvalue weighted by atomic mass is 19.4. The van der Waals surface area contributed by atoms with E-state index >= 15 is 0 Å². The van der Waals surface area contributed by atoms with Crippen molar-refractivity contribution < 1.29 is 31.8 Å². The summed E-state index contributed by atoms with van der Waals surface area (Å²) in [4.78, 5) is 14.4. The van der Waals surface area contributed by atoms with Crippen LogP contribution in [0.2, 0.25) is 0 Å². The normalized spacial score (nSPS) is 11.3. The number of alkyl halides is 3. The van der Waals surface area contributed by atoms with Gasteiger partial charge in [-0.1, -0.05) is 0 Å². The van der Waals surface area contributed by atoms with Crippen LogP contribution >= 0.6 is 0 Å². The Labute approximate surface area is 105 Å². The molecule has 0 saturated carbocycles. The van der Waals surface area contributed by atoms with Crippen LogP contribution in [-0.2, 0) is 22.5 Å². The summed E-state index contributed by atoms with van der Waals surface area (Å²) in [6.45, 7) is -0.274. The number of halogens is 4. The van der Waals surface area contributed by atoms with Crippen LogP contribution in [-0.4, -0.2) is 24.4 Å². The maximum absolute atomic E-state index is 13.6. The summed E-state index contributed by atoms with van der Waals surface area (Å²) < 4.78 is 58.0. The number of pyridine rings is 1. The molecule has 0 aliphatic carbocycles. The number of esters is 1. The van der Waals surface area contributed by atoms with Crippen LogP contribution in [0.1, 0.15) is 11.3 Å². The van der Waals surface area contributed by atoms with E-state index in [9.17, 15) is 22.4 Å². The highest BCUT2D eigenvalue weighted by Crippen LogP contribution is 2.27. The van der Waals surface area contributed by atoms with Crippen LogP contribution in [0.3, 0.4) is 0 Å². The Bertz CT molecular complexity index is 477. The monoisotopic (exact) mass is 282 g/mol. The molecule has 5 nitrogen and oxygen atoms in total. The van der Waals surface area contributed by atoms with Gasteiger partial charge < -0.3 is 15.2 Å². The summed E-state index contributed by atoms with van der Waals surface area (Å²) in [6, 6.07) is 0.835. The third-order valence-electron chi connectivity index (χ3n) is 2.06. The molecule has 19 heavy (non-hydrogen) atoms. The fourth-order valence-corrected chi connectivity index (χ4v) is 1.24. The predicted octanol–water partition coefficient (Wildman–Crippen LogP) is 1.29. The molecule has 9 heteroatoms. The Morgan fingerprint density at radius 1 is 1.47 bits per heavy atom. The van der Waals surface area contributed by atoms with E-state index in [1.807, 2.05) is 0 Å². The molecular formula is C10H10F4N2O3. The Balaban J connectivity index is 3.21. The van der Waals surface area contributed by atoms with E-state index in [2.05, 4.69) is 14.5 Å². The van der Waals surface area contributed by atoms with Gasteiger partial charge in [0.05, 0.1) is 24.8 Å². The second-order valence-corrected chi connectivity index (χ2v) is 3.38. The van der Waals surface area contributed by atoms with Gasteiger partial charge in [-0.3, -0.25) is 4.79 Å². The molecule has 106 valence electrons. The van der Waals surface area contributed by atoms with E-state index in [4.69, 9.17) is 5.73 Å². The summed E-state index contributed by atoms with van der Waals surface area (Å²) in [5.41, 5.74) is 4.40. The van der Waals surface area contributed by atoms with Gasteiger partial charge in [-0.2, -0.15) is 0 Å². The highest BCUT2D eigenvalue weighted by molar-refractivity contribution is 5.73. The Morgan fingerprint density at radius 2 is 2.11 bits per heavy atom. The van der Waals surface area contributed by atoms with Crippen LogP contribution in [0.15, 0.2) is 6.07 Å². The minimum Gasteiger partial charge on any atom is -0.469 e. The van der Waals surface area contributed by atoms with Crippen molar-refractivity contribution in [3.05, 3.63) is 23.1 Å². The molecule has 1 rings (SSSR count). The lowest BCUT2D eigenvalue weighted by Crippen LogP contribution is -2.21. The third kappa shape index (κ3) is 4.36. The molecule has 0 atom stereocenters. The maximum atomic E-state index is 13.6. The zero-order valence-corrected chi connectivity index (χ0v) is 9.75. The number of rotatable bonds is 4. The fourth-order valence-electron chi connectivity index (χ4n) is 1.24. The first-order valence-electron chi connectivity index (χ1n) is 4.97. The largest absolute Gasteiger partial charge is 0.574 e. The topological polar surface area (TPSA) is 74.4 Å². The molecule has 0 unspecified atom stereocenters. The lowest BCUT2D eigenvalue weighted by atomic mass is 10.1. The number of carbonyl (C=O) groups is 1. The van der Waals surface area contributed by atoms with Crippen molar-refractivity contribution in [3.8, 4) is 5.88 Å². The van der Waals surface area contributed by atoms with E-state index in [-0.39, 0.29) is 12.2 Å². The lowest BCUT2D eigenvalue weighted by Gasteiger charge is -2.13. The van der Waals surface area contributed by atoms with E-state index in [0.29, 0.717) is 0 Å². The molecule has 1 heterocycles. The quantitative estimate of drug-likeness (QED) is 0.665. The minimum absolute atomic E-state index is 0.134. The van der Waals surface area contributed by atoms with E-state index in [1.54, 1.807) is 0 Å². The molecule has 0 aliphatic rings. The number of nitrogens with two attached hydrogens (primary N) is 1. The first-order chi connectivity index (χ1) is 8.76. The van der Waals surface area contributed by atoms with Crippen LogP contribution in [0.25, 0.3) is 0 Å². The third-order valence-corrected chi connectivity index (χ3v) is 2.06. The summed E-state index contributed by atoms with van der Waals surface area (Å²) in [7, 11) is 1.02. The molecule has 2 N–H and O–H groups in total. The minimum atomic E-state index is -5.06. The summed E-state index contributed by atoms with van der Waals surface area (Å²) in [6.07, 6.45) is -5.79. The number of nitrogens with zero attached hydrogens (tertiary/aromatic N) is 1. The average Bonchev–Trinajstić information content (AvgIpc) is 2.30. The van der Waals surface area contributed by atoms with Gasteiger partial charge in [-0.25, -0.2) is 9.37 Å². The van der Waals surface area contributed by atoms with Crippen LogP contribution in [0.4, 0.5) is 17.6 Å². The van der Waals surface area contributed by atoms with Crippen molar-refractivity contribution in [2.24, 2.45) is 5.73 Å². The molecule has 0 fully saturated rings. The molecule has 0 bridgehead atoms. The van der Waals surface area contributed by atoms with E-state index < -0.39 is 36.0 Å². The van der Waals surface area contributed by atoms with Gasteiger partial charge in [-0.05, 0) is 6.07 Å². The van der Waals surface area contributed by atoms with Crippen LogP contribution in [0.5, 0.6) is 5.88 Å². The first-order valence-corrected chi connectivity index (χ1v) is 4.97. The SMILES string of the molecule is COC(=O)Cc1c(F)cc(CN)nc1OC(F)(F)F. The molecule has 0 saturated heterocycles. The van der Waals surface area contributed by atoms with Crippen molar-refractivity contribution in [3.63, 3.8) is 0 Å². The Morgan fingerprint density at radius 3 is 2.58 bits per heavy atom. The number of aromatic nitrogens is 1. The smallest absolute Gasteiger partial charge is 0.469 e. The summed E-state index contributed by atoms with van der Waals surface area (Å²) in [5, 5.41) is 0. The molecule has 1 aromatic heterocycles. The standard InChI is InChI=1S/C10H10F4N2O3/c1-18-8(17)3-6-7(11)2-5(4-15)16-9(6)19-10(12,13)14/h2H,3-4,15H2,1H3. The molecule has 1 aromatic rings. The molecule has 0 aliphatic heterocycles. The van der Waals surface area contributed by atoms with Crippen molar-refractivity contribution in [1.29, 1.82) is 0 Å². The highest BCUT2D eigenvalue weighted by Gasteiger charge is 2.34. The van der Waals surface area contributed by atoms with Crippen molar-refractivity contribution in [1.82, 2.24) is 4.98 Å².